The molecule has 2 aromatic heterocycles. The Labute approximate surface area is 126 Å². The van der Waals surface area contributed by atoms with Crippen LogP contribution < -0.4 is 16.4 Å². The Morgan fingerprint density at radius 2 is 2.14 bits per heavy atom. The van der Waals surface area contributed by atoms with Gasteiger partial charge in [0.1, 0.15) is 9.71 Å². The summed E-state index contributed by atoms with van der Waals surface area (Å²) in [4.78, 5) is 23.1. The number of carbonyl (C=O) groups excluding carboxylic acids is 1. The fourth-order valence-electron chi connectivity index (χ4n) is 2.10. The summed E-state index contributed by atoms with van der Waals surface area (Å²) in [5.41, 5.74) is 12.6. The number of amides is 1. The molecule has 2 heterocycles. The maximum atomic E-state index is 11.4. The summed E-state index contributed by atoms with van der Waals surface area (Å²) in [7, 11) is 1.80. The highest BCUT2D eigenvalue weighted by Gasteiger charge is 2.20. The monoisotopic (exact) mass is 309 g/mol. The first-order valence-corrected chi connectivity index (χ1v) is 7.51. The third-order valence-electron chi connectivity index (χ3n) is 3.14. The van der Waals surface area contributed by atoms with Crippen LogP contribution in [0.25, 0.3) is 10.2 Å². The number of anilines is 2. The Kier molecular flexibility index (Phi) is 4.59. The molecule has 5 N–H and O–H groups in total. The van der Waals surface area contributed by atoms with E-state index in [9.17, 15) is 4.79 Å². The number of nitrogens with two attached hydrogens (primary N) is 2. The standard InChI is InChI=1S/C13H19N5O2S/c1-3-4-7-8-9(14)10(11(15)20)21-12(8)17-13(16-7)18(2)5-6-19/h19H,3-6,14H2,1-2H3,(H2,15,20). The van der Waals surface area contributed by atoms with Crippen molar-refractivity contribution in [3.63, 3.8) is 0 Å². The number of primary amides is 1. The minimum Gasteiger partial charge on any atom is -0.397 e. The van der Waals surface area contributed by atoms with Gasteiger partial charge in [-0.25, -0.2) is 9.97 Å². The van der Waals surface area contributed by atoms with Crippen molar-refractivity contribution in [2.24, 2.45) is 5.73 Å². The normalized spacial score (nSPS) is 11.0. The molecule has 0 fully saturated rings. The third-order valence-corrected chi connectivity index (χ3v) is 4.25. The number of hydrogen-bond acceptors (Lipinski definition) is 7. The molecule has 8 heteroatoms. The van der Waals surface area contributed by atoms with Crippen LogP contribution in [0.4, 0.5) is 11.6 Å². The van der Waals surface area contributed by atoms with Crippen molar-refractivity contribution < 1.29 is 9.90 Å². The van der Waals surface area contributed by atoms with Gasteiger partial charge in [0.2, 0.25) is 5.95 Å². The number of likely N-dealkylation sites (N-methyl/N-ethyl adjacent to an activating group) is 1. The minimum atomic E-state index is -0.553. The highest BCUT2D eigenvalue weighted by Crippen LogP contribution is 2.35. The predicted molar refractivity (Wildman–Crippen MR) is 84.7 cm³/mol. The van der Waals surface area contributed by atoms with Crippen molar-refractivity contribution in [1.29, 1.82) is 0 Å². The Balaban J connectivity index is 2.64. The van der Waals surface area contributed by atoms with Gasteiger partial charge in [-0.3, -0.25) is 4.79 Å². The van der Waals surface area contributed by atoms with Crippen LogP contribution in [0.2, 0.25) is 0 Å². The fraction of sp³-hybridized carbons (Fsp3) is 0.462. The average Bonchev–Trinajstić information content (AvgIpc) is 2.77. The molecule has 0 aliphatic carbocycles. The van der Waals surface area contributed by atoms with Crippen molar-refractivity contribution in [1.82, 2.24) is 9.97 Å². The van der Waals surface area contributed by atoms with Crippen LogP contribution >= 0.6 is 11.3 Å². The van der Waals surface area contributed by atoms with Crippen LogP contribution in [0, 0.1) is 0 Å². The molecule has 0 aromatic carbocycles. The van der Waals surface area contributed by atoms with Gasteiger partial charge in [0.25, 0.3) is 5.91 Å². The second kappa shape index (κ2) is 6.23. The van der Waals surface area contributed by atoms with E-state index in [2.05, 4.69) is 9.97 Å². The van der Waals surface area contributed by atoms with Gasteiger partial charge in [-0.2, -0.15) is 0 Å². The molecule has 0 aliphatic rings. The SMILES string of the molecule is CCCc1nc(N(C)CCO)nc2sc(C(N)=O)c(N)c12. The molecule has 1 amide bonds. The number of hydrogen-bond donors (Lipinski definition) is 3. The van der Waals surface area contributed by atoms with Crippen molar-refractivity contribution >= 4 is 39.1 Å². The first kappa shape index (κ1) is 15.5. The number of carbonyl (C=O) groups is 1. The molecule has 0 spiro atoms. The van der Waals surface area contributed by atoms with E-state index in [1.807, 2.05) is 6.92 Å². The van der Waals surface area contributed by atoms with Gasteiger partial charge in [-0.1, -0.05) is 13.3 Å². The second-order valence-electron chi connectivity index (χ2n) is 4.75. The molecule has 0 radical (unpaired) electrons. The lowest BCUT2D eigenvalue weighted by Gasteiger charge is -2.16. The topological polar surface area (TPSA) is 118 Å². The Bertz CT molecular complexity index is 670. The number of thiophene rings is 1. The number of aromatic nitrogens is 2. The van der Waals surface area contributed by atoms with E-state index in [0.717, 1.165) is 23.9 Å². The molecule has 0 aliphatic heterocycles. The Hall–Kier alpha value is -1.93. The molecule has 0 unspecified atom stereocenters. The second-order valence-corrected chi connectivity index (χ2v) is 5.75. The number of fused-ring (bicyclic) bond motifs is 1. The molecular weight excluding hydrogens is 290 g/mol. The average molecular weight is 309 g/mol. The van der Waals surface area contributed by atoms with E-state index in [0.29, 0.717) is 27.9 Å². The summed E-state index contributed by atoms with van der Waals surface area (Å²) in [5.74, 6) is -0.0412. The van der Waals surface area contributed by atoms with E-state index in [4.69, 9.17) is 16.6 Å². The van der Waals surface area contributed by atoms with Gasteiger partial charge < -0.3 is 21.5 Å². The Morgan fingerprint density at radius 1 is 1.43 bits per heavy atom. The number of aliphatic hydroxyl groups is 1. The lowest BCUT2D eigenvalue weighted by atomic mass is 10.1. The summed E-state index contributed by atoms with van der Waals surface area (Å²) >= 11 is 1.18. The lowest BCUT2D eigenvalue weighted by Crippen LogP contribution is -2.23. The van der Waals surface area contributed by atoms with Gasteiger partial charge >= 0.3 is 0 Å². The van der Waals surface area contributed by atoms with Crippen LogP contribution in [0.15, 0.2) is 0 Å². The molecule has 0 atom stereocenters. The lowest BCUT2D eigenvalue weighted by molar-refractivity contribution is 0.100. The molecule has 21 heavy (non-hydrogen) atoms. The minimum absolute atomic E-state index is 0.0140. The number of nitrogens with zero attached hydrogens (tertiary/aromatic N) is 3. The maximum absolute atomic E-state index is 11.4. The van der Waals surface area contributed by atoms with Crippen LogP contribution in [0.1, 0.15) is 28.7 Å². The molecule has 0 saturated heterocycles. The van der Waals surface area contributed by atoms with Gasteiger partial charge in [-0.05, 0) is 6.42 Å². The smallest absolute Gasteiger partial charge is 0.260 e. The van der Waals surface area contributed by atoms with E-state index >= 15 is 0 Å². The van der Waals surface area contributed by atoms with Gasteiger partial charge in [0.05, 0.1) is 23.4 Å². The van der Waals surface area contributed by atoms with Crippen molar-refractivity contribution in [3.05, 3.63) is 10.6 Å². The number of rotatable bonds is 6. The summed E-state index contributed by atoms with van der Waals surface area (Å²) in [6.45, 7) is 2.49. The van der Waals surface area contributed by atoms with Crippen molar-refractivity contribution in [2.45, 2.75) is 19.8 Å². The highest BCUT2D eigenvalue weighted by atomic mass is 32.1. The van der Waals surface area contributed by atoms with Crippen molar-refractivity contribution in [3.8, 4) is 0 Å². The molecule has 2 rings (SSSR count). The van der Waals surface area contributed by atoms with E-state index < -0.39 is 5.91 Å². The summed E-state index contributed by atoms with van der Waals surface area (Å²) in [5, 5.41) is 9.75. The number of nitrogen functional groups attached to an aromatic ring is 1. The first-order chi connectivity index (χ1) is 9.99. The van der Waals surface area contributed by atoms with Crippen LogP contribution in [-0.2, 0) is 6.42 Å². The molecule has 0 saturated carbocycles. The summed E-state index contributed by atoms with van der Waals surface area (Å²) < 4.78 is 0. The first-order valence-electron chi connectivity index (χ1n) is 6.70. The zero-order valence-electron chi connectivity index (χ0n) is 12.1. The Morgan fingerprint density at radius 3 is 2.71 bits per heavy atom. The van der Waals surface area contributed by atoms with Crippen LogP contribution in [-0.4, -0.2) is 41.2 Å². The third kappa shape index (κ3) is 2.91. The largest absolute Gasteiger partial charge is 0.397 e. The summed E-state index contributed by atoms with van der Waals surface area (Å²) in [6, 6.07) is 0. The van der Waals surface area contributed by atoms with Gasteiger partial charge in [0, 0.05) is 13.6 Å². The summed E-state index contributed by atoms with van der Waals surface area (Å²) in [6.07, 6.45) is 1.63. The zero-order valence-corrected chi connectivity index (χ0v) is 12.9. The van der Waals surface area contributed by atoms with Crippen LogP contribution in [0.3, 0.4) is 0 Å². The molecule has 0 bridgehead atoms. The number of aryl methyl sites for hydroxylation is 1. The molecule has 114 valence electrons. The quantitative estimate of drug-likeness (QED) is 0.724. The molecule has 2 aromatic rings. The van der Waals surface area contributed by atoms with Gasteiger partial charge in [-0.15, -0.1) is 11.3 Å². The zero-order chi connectivity index (χ0) is 15.6. The molecule has 7 nitrogen and oxygen atoms in total. The highest BCUT2D eigenvalue weighted by molar-refractivity contribution is 7.21. The predicted octanol–water partition coefficient (Wildman–Crippen LogP) is 0.753. The van der Waals surface area contributed by atoms with E-state index in [1.54, 1.807) is 11.9 Å². The van der Waals surface area contributed by atoms with Gasteiger partial charge in [0.15, 0.2) is 0 Å². The van der Waals surface area contributed by atoms with E-state index in [1.165, 1.54) is 11.3 Å². The number of aliphatic hydroxyl groups excluding tert-OH is 1. The maximum Gasteiger partial charge on any atom is 0.260 e. The van der Waals surface area contributed by atoms with Crippen molar-refractivity contribution in [2.75, 3.05) is 30.8 Å². The fourth-order valence-corrected chi connectivity index (χ4v) is 3.07. The van der Waals surface area contributed by atoms with Crippen LogP contribution in [0.5, 0.6) is 0 Å². The van der Waals surface area contributed by atoms with E-state index in [-0.39, 0.29) is 6.61 Å². The molecular formula is C13H19N5O2S.